The second-order valence-corrected chi connectivity index (χ2v) is 6.48. The van der Waals surface area contributed by atoms with Crippen molar-refractivity contribution in [1.29, 1.82) is 0 Å². The van der Waals surface area contributed by atoms with Gasteiger partial charge < -0.3 is 15.2 Å². The highest BCUT2D eigenvalue weighted by molar-refractivity contribution is 5.35. The fourth-order valence-corrected chi connectivity index (χ4v) is 3.05. The molecule has 1 aromatic carbocycles. The molecule has 0 amide bonds. The minimum atomic E-state index is -0.540. The Morgan fingerprint density at radius 1 is 1.33 bits per heavy atom. The van der Waals surface area contributed by atoms with E-state index in [1.54, 1.807) is 0 Å². The third-order valence-corrected chi connectivity index (χ3v) is 4.63. The highest BCUT2D eigenvalue weighted by atomic mass is 16.5. The summed E-state index contributed by atoms with van der Waals surface area (Å²) >= 11 is 0. The molecule has 1 unspecified atom stereocenters. The topological polar surface area (TPSA) is 41.5 Å². The smallest absolute Gasteiger partial charge is 0.124 e. The Morgan fingerprint density at radius 2 is 2.00 bits per heavy atom. The lowest BCUT2D eigenvalue weighted by Gasteiger charge is -2.36. The summed E-state index contributed by atoms with van der Waals surface area (Å²) < 4.78 is 5.69. The second-order valence-electron chi connectivity index (χ2n) is 6.48. The van der Waals surface area contributed by atoms with Crippen molar-refractivity contribution < 1.29 is 9.84 Å². The van der Waals surface area contributed by atoms with E-state index in [0.29, 0.717) is 13.2 Å². The first-order valence-corrected chi connectivity index (χ1v) is 8.21. The number of ether oxygens (including phenoxy) is 1. The van der Waals surface area contributed by atoms with Gasteiger partial charge in [-0.05, 0) is 51.5 Å². The van der Waals surface area contributed by atoms with Crippen molar-refractivity contribution >= 4 is 0 Å². The minimum absolute atomic E-state index is 0.177. The number of benzene rings is 1. The second kappa shape index (κ2) is 7.28. The maximum absolute atomic E-state index is 10.7. The van der Waals surface area contributed by atoms with E-state index in [1.165, 1.54) is 0 Å². The predicted octanol–water partition coefficient (Wildman–Crippen LogP) is 3.68. The van der Waals surface area contributed by atoms with Gasteiger partial charge in [-0.25, -0.2) is 0 Å². The molecule has 3 heteroatoms. The number of rotatable bonds is 6. The summed E-state index contributed by atoms with van der Waals surface area (Å²) in [6.07, 6.45) is 4.06. The van der Waals surface area contributed by atoms with Gasteiger partial charge in [0.15, 0.2) is 0 Å². The van der Waals surface area contributed by atoms with Gasteiger partial charge in [-0.3, -0.25) is 0 Å². The van der Waals surface area contributed by atoms with E-state index in [1.807, 2.05) is 25.1 Å². The Hall–Kier alpha value is -1.06. The SMILES string of the molecule is CCOc1ccccc1C(C)NCC1(O)CCC(C)CC1. The molecule has 0 saturated heterocycles. The molecule has 1 fully saturated rings. The molecule has 0 bridgehead atoms. The lowest BCUT2D eigenvalue weighted by molar-refractivity contribution is -0.00789. The first-order valence-electron chi connectivity index (χ1n) is 8.21. The van der Waals surface area contributed by atoms with Crippen LogP contribution in [0.1, 0.15) is 58.1 Å². The summed E-state index contributed by atoms with van der Waals surface area (Å²) in [5.74, 6) is 1.69. The number of hydrogen-bond donors (Lipinski definition) is 2. The summed E-state index contributed by atoms with van der Waals surface area (Å²) in [7, 11) is 0. The van der Waals surface area contributed by atoms with Crippen LogP contribution in [-0.4, -0.2) is 23.9 Å². The molecule has 1 aliphatic rings. The molecule has 0 aromatic heterocycles. The normalized spacial score (nSPS) is 27.3. The molecule has 3 nitrogen and oxygen atoms in total. The number of hydrogen-bond acceptors (Lipinski definition) is 3. The molecule has 1 aliphatic carbocycles. The Balaban J connectivity index is 1.94. The van der Waals surface area contributed by atoms with Gasteiger partial charge in [-0.15, -0.1) is 0 Å². The lowest BCUT2D eigenvalue weighted by Crippen LogP contribution is -2.44. The van der Waals surface area contributed by atoms with Crippen LogP contribution in [0.15, 0.2) is 24.3 Å². The standard InChI is InChI=1S/C18H29NO2/c1-4-21-17-8-6-5-7-16(17)15(3)19-13-18(20)11-9-14(2)10-12-18/h5-8,14-15,19-20H,4,9-13H2,1-3H3. The Labute approximate surface area is 128 Å². The molecule has 0 radical (unpaired) electrons. The molecule has 0 spiro atoms. The third-order valence-electron chi connectivity index (χ3n) is 4.63. The largest absolute Gasteiger partial charge is 0.494 e. The van der Waals surface area contributed by atoms with Crippen molar-refractivity contribution in [2.24, 2.45) is 5.92 Å². The van der Waals surface area contributed by atoms with Crippen molar-refractivity contribution in [1.82, 2.24) is 5.32 Å². The monoisotopic (exact) mass is 291 g/mol. The zero-order valence-corrected chi connectivity index (χ0v) is 13.6. The van der Waals surface area contributed by atoms with Gasteiger partial charge in [0, 0.05) is 18.2 Å². The van der Waals surface area contributed by atoms with Crippen molar-refractivity contribution in [2.75, 3.05) is 13.2 Å². The van der Waals surface area contributed by atoms with Gasteiger partial charge in [0.1, 0.15) is 5.75 Å². The third kappa shape index (κ3) is 4.45. The van der Waals surface area contributed by atoms with Gasteiger partial charge in [-0.2, -0.15) is 0 Å². The van der Waals surface area contributed by atoms with Crippen LogP contribution in [0.3, 0.4) is 0 Å². The zero-order chi connectivity index (χ0) is 15.3. The first kappa shape index (κ1) is 16.3. The molecule has 0 aliphatic heterocycles. The van der Waals surface area contributed by atoms with E-state index in [0.717, 1.165) is 42.9 Å². The number of aliphatic hydroxyl groups is 1. The summed E-state index contributed by atoms with van der Waals surface area (Å²) in [5.41, 5.74) is 0.619. The summed E-state index contributed by atoms with van der Waals surface area (Å²) in [6.45, 7) is 7.73. The molecule has 21 heavy (non-hydrogen) atoms. The lowest BCUT2D eigenvalue weighted by atomic mass is 9.79. The fourth-order valence-electron chi connectivity index (χ4n) is 3.05. The molecule has 118 valence electrons. The average molecular weight is 291 g/mol. The highest BCUT2D eigenvalue weighted by Gasteiger charge is 2.31. The van der Waals surface area contributed by atoms with Crippen LogP contribution in [0.25, 0.3) is 0 Å². The summed E-state index contributed by atoms with van der Waals surface area (Å²) in [6, 6.07) is 8.31. The number of nitrogens with one attached hydrogen (secondary N) is 1. The van der Waals surface area contributed by atoms with E-state index in [-0.39, 0.29) is 6.04 Å². The van der Waals surface area contributed by atoms with Crippen LogP contribution in [-0.2, 0) is 0 Å². The molecule has 1 atom stereocenters. The van der Waals surface area contributed by atoms with E-state index < -0.39 is 5.60 Å². The quantitative estimate of drug-likeness (QED) is 0.840. The summed E-state index contributed by atoms with van der Waals surface area (Å²) in [4.78, 5) is 0. The van der Waals surface area contributed by atoms with E-state index in [9.17, 15) is 5.11 Å². The summed E-state index contributed by atoms with van der Waals surface area (Å²) in [5, 5.41) is 14.2. The number of para-hydroxylation sites is 1. The molecule has 0 heterocycles. The van der Waals surface area contributed by atoms with E-state index >= 15 is 0 Å². The van der Waals surface area contributed by atoms with Crippen LogP contribution < -0.4 is 10.1 Å². The fraction of sp³-hybridized carbons (Fsp3) is 0.667. The van der Waals surface area contributed by atoms with Crippen LogP contribution in [0.2, 0.25) is 0 Å². The minimum Gasteiger partial charge on any atom is -0.494 e. The van der Waals surface area contributed by atoms with Gasteiger partial charge in [0.25, 0.3) is 0 Å². The highest BCUT2D eigenvalue weighted by Crippen LogP contribution is 2.32. The van der Waals surface area contributed by atoms with Crippen molar-refractivity contribution in [3.8, 4) is 5.75 Å². The molecule has 1 saturated carbocycles. The van der Waals surface area contributed by atoms with Crippen LogP contribution in [0.5, 0.6) is 5.75 Å². The van der Waals surface area contributed by atoms with Gasteiger partial charge in [0.2, 0.25) is 0 Å². The first-order chi connectivity index (χ1) is 10.0. The van der Waals surface area contributed by atoms with Crippen LogP contribution in [0, 0.1) is 5.92 Å². The predicted molar refractivity (Wildman–Crippen MR) is 86.6 cm³/mol. The molecular formula is C18H29NO2. The maximum atomic E-state index is 10.7. The van der Waals surface area contributed by atoms with E-state index in [2.05, 4.69) is 25.2 Å². The molecule has 2 rings (SSSR count). The van der Waals surface area contributed by atoms with Gasteiger partial charge in [-0.1, -0.05) is 25.1 Å². The molecule has 1 aromatic rings. The van der Waals surface area contributed by atoms with Crippen molar-refractivity contribution in [3.05, 3.63) is 29.8 Å². The van der Waals surface area contributed by atoms with Crippen LogP contribution in [0.4, 0.5) is 0 Å². The van der Waals surface area contributed by atoms with Gasteiger partial charge in [0.05, 0.1) is 12.2 Å². The van der Waals surface area contributed by atoms with Crippen molar-refractivity contribution in [2.45, 2.75) is 58.1 Å². The molecule has 2 N–H and O–H groups in total. The Bertz CT molecular complexity index is 439. The van der Waals surface area contributed by atoms with E-state index in [4.69, 9.17) is 4.74 Å². The zero-order valence-electron chi connectivity index (χ0n) is 13.6. The molecular weight excluding hydrogens is 262 g/mol. The Kier molecular flexibility index (Phi) is 5.65. The Morgan fingerprint density at radius 3 is 2.67 bits per heavy atom. The maximum Gasteiger partial charge on any atom is 0.124 e. The van der Waals surface area contributed by atoms with Crippen LogP contribution >= 0.6 is 0 Å². The van der Waals surface area contributed by atoms with Crippen molar-refractivity contribution in [3.63, 3.8) is 0 Å². The average Bonchev–Trinajstić information content (AvgIpc) is 2.49. The van der Waals surface area contributed by atoms with Gasteiger partial charge >= 0.3 is 0 Å².